The zero-order chi connectivity index (χ0) is 13.4. The summed E-state index contributed by atoms with van der Waals surface area (Å²) in [6.45, 7) is 9.59. The summed E-state index contributed by atoms with van der Waals surface area (Å²) in [4.78, 5) is 0. The van der Waals surface area contributed by atoms with Gasteiger partial charge in [0.15, 0.2) is 0 Å². The Morgan fingerprint density at radius 1 is 1.11 bits per heavy atom. The number of ether oxygens (including phenoxy) is 1. The smallest absolute Gasteiger partial charge is 0.0716 e. The van der Waals surface area contributed by atoms with Gasteiger partial charge in [-0.25, -0.2) is 0 Å². The number of benzene rings is 1. The van der Waals surface area contributed by atoms with Crippen LogP contribution in [0.2, 0.25) is 0 Å². The average Bonchev–Trinajstić information content (AvgIpc) is 2.30. The molecular formula is C16H27NO. The summed E-state index contributed by atoms with van der Waals surface area (Å²) in [5.74, 6) is 1.52. The van der Waals surface area contributed by atoms with E-state index in [1.807, 2.05) is 0 Å². The third kappa shape index (κ3) is 5.65. The van der Waals surface area contributed by atoms with Crippen molar-refractivity contribution in [2.24, 2.45) is 11.8 Å². The zero-order valence-corrected chi connectivity index (χ0v) is 12.2. The van der Waals surface area contributed by atoms with Gasteiger partial charge in [0, 0.05) is 13.7 Å². The predicted molar refractivity (Wildman–Crippen MR) is 77.5 cm³/mol. The van der Waals surface area contributed by atoms with Crippen LogP contribution in [0.1, 0.15) is 38.3 Å². The normalized spacial score (nSPS) is 12.9. The Bertz CT molecular complexity index is 336. The molecule has 1 atom stereocenters. The molecule has 0 spiro atoms. The maximum Gasteiger partial charge on any atom is 0.0716 e. The Labute approximate surface area is 112 Å². The van der Waals surface area contributed by atoms with E-state index in [1.165, 1.54) is 17.5 Å². The molecule has 1 N–H and O–H groups in total. The lowest BCUT2D eigenvalue weighted by molar-refractivity contribution is 0.184. The molecule has 0 saturated carbocycles. The second-order valence-electron chi connectivity index (χ2n) is 5.57. The Balaban J connectivity index is 2.39. The summed E-state index contributed by atoms with van der Waals surface area (Å²) >= 11 is 0. The van der Waals surface area contributed by atoms with E-state index < -0.39 is 0 Å². The first-order valence-electron chi connectivity index (χ1n) is 6.90. The van der Waals surface area contributed by atoms with Gasteiger partial charge in [-0.3, -0.25) is 0 Å². The summed E-state index contributed by atoms with van der Waals surface area (Å²) in [7, 11) is 1.74. The number of hydrogen-bond acceptors (Lipinski definition) is 2. The monoisotopic (exact) mass is 249 g/mol. The van der Waals surface area contributed by atoms with Crippen LogP contribution in [0, 0.1) is 11.8 Å². The largest absolute Gasteiger partial charge is 0.380 e. The summed E-state index contributed by atoms with van der Waals surface area (Å²) in [5.41, 5.74) is 2.63. The highest BCUT2D eigenvalue weighted by molar-refractivity contribution is 5.26. The number of nitrogens with one attached hydrogen (secondary N) is 1. The topological polar surface area (TPSA) is 21.3 Å². The van der Waals surface area contributed by atoms with Crippen molar-refractivity contribution in [3.05, 3.63) is 35.4 Å². The van der Waals surface area contributed by atoms with E-state index >= 15 is 0 Å². The molecule has 0 saturated heterocycles. The summed E-state index contributed by atoms with van der Waals surface area (Å²) in [6, 6.07) is 8.47. The number of hydrogen-bond donors (Lipinski definition) is 1. The first-order chi connectivity index (χ1) is 8.63. The van der Waals surface area contributed by atoms with Crippen LogP contribution < -0.4 is 5.32 Å². The molecule has 102 valence electrons. The molecule has 0 fully saturated rings. The van der Waals surface area contributed by atoms with Crippen LogP contribution in [0.15, 0.2) is 24.3 Å². The third-order valence-corrected chi connectivity index (χ3v) is 3.10. The van der Waals surface area contributed by atoms with Crippen LogP contribution in [0.3, 0.4) is 0 Å². The van der Waals surface area contributed by atoms with E-state index in [0.717, 1.165) is 24.9 Å². The van der Waals surface area contributed by atoms with E-state index in [0.29, 0.717) is 6.61 Å². The molecule has 0 bridgehead atoms. The number of methoxy groups -OCH3 is 1. The highest BCUT2D eigenvalue weighted by atomic mass is 16.5. The van der Waals surface area contributed by atoms with Gasteiger partial charge < -0.3 is 10.1 Å². The lowest BCUT2D eigenvalue weighted by Gasteiger charge is -2.15. The lowest BCUT2D eigenvalue weighted by Crippen LogP contribution is -2.22. The molecule has 18 heavy (non-hydrogen) atoms. The van der Waals surface area contributed by atoms with Crippen LogP contribution in [0.25, 0.3) is 0 Å². The van der Waals surface area contributed by atoms with Crippen LogP contribution in [0.4, 0.5) is 0 Å². The van der Waals surface area contributed by atoms with E-state index in [1.54, 1.807) is 7.11 Å². The second kappa shape index (κ2) is 8.28. The molecule has 0 aliphatic rings. The Morgan fingerprint density at radius 2 is 1.78 bits per heavy atom. The average molecular weight is 249 g/mol. The SMILES string of the molecule is COCc1ccccc1CNCC(C)CC(C)C. The standard InChI is InChI=1S/C16H27NO/c1-13(2)9-14(3)10-17-11-15-7-5-6-8-16(15)12-18-4/h5-8,13-14,17H,9-12H2,1-4H3. The fraction of sp³-hybridized carbons (Fsp3) is 0.625. The molecule has 0 radical (unpaired) electrons. The molecule has 2 nitrogen and oxygen atoms in total. The fourth-order valence-electron chi connectivity index (χ4n) is 2.37. The van der Waals surface area contributed by atoms with Crippen molar-refractivity contribution in [3.63, 3.8) is 0 Å². The lowest BCUT2D eigenvalue weighted by atomic mass is 9.99. The van der Waals surface area contributed by atoms with E-state index in [-0.39, 0.29) is 0 Å². The molecule has 0 heterocycles. The molecule has 0 aliphatic heterocycles. The van der Waals surface area contributed by atoms with E-state index in [4.69, 9.17) is 4.74 Å². The summed E-state index contributed by atoms with van der Waals surface area (Å²) in [6.07, 6.45) is 1.28. The highest BCUT2D eigenvalue weighted by Crippen LogP contribution is 2.12. The third-order valence-electron chi connectivity index (χ3n) is 3.10. The van der Waals surface area contributed by atoms with Gasteiger partial charge in [-0.05, 0) is 35.9 Å². The highest BCUT2D eigenvalue weighted by Gasteiger charge is 2.05. The van der Waals surface area contributed by atoms with E-state index in [2.05, 4.69) is 50.4 Å². The van der Waals surface area contributed by atoms with Gasteiger partial charge >= 0.3 is 0 Å². The van der Waals surface area contributed by atoms with Gasteiger partial charge in [0.05, 0.1) is 6.61 Å². The van der Waals surface area contributed by atoms with Crippen molar-refractivity contribution in [1.82, 2.24) is 5.32 Å². The number of rotatable bonds is 8. The maximum absolute atomic E-state index is 5.22. The molecule has 0 aliphatic carbocycles. The van der Waals surface area contributed by atoms with Crippen molar-refractivity contribution in [2.75, 3.05) is 13.7 Å². The summed E-state index contributed by atoms with van der Waals surface area (Å²) < 4.78 is 5.22. The first kappa shape index (κ1) is 15.2. The molecule has 0 aromatic heterocycles. The molecule has 1 aromatic carbocycles. The molecular weight excluding hydrogens is 222 g/mol. The molecule has 0 amide bonds. The molecule has 1 unspecified atom stereocenters. The maximum atomic E-state index is 5.22. The van der Waals surface area contributed by atoms with Gasteiger partial charge in [-0.15, -0.1) is 0 Å². The van der Waals surface area contributed by atoms with E-state index in [9.17, 15) is 0 Å². The first-order valence-corrected chi connectivity index (χ1v) is 6.90. The molecule has 1 rings (SSSR count). The van der Waals surface area contributed by atoms with Gasteiger partial charge in [-0.1, -0.05) is 45.0 Å². The second-order valence-corrected chi connectivity index (χ2v) is 5.57. The Morgan fingerprint density at radius 3 is 2.39 bits per heavy atom. The van der Waals surface area contributed by atoms with Crippen LogP contribution >= 0.6 is 0 Å². The van der Waals surface area contributed by atoms with Crippen molar-refractivity contribution < 1.29 is 4.74 Å². The minimum Gasteiger partial charge on any atom is -0.380 e. The fourth-order valence-corrected chi connectivity index (χ4v) is 2.37. The molecule has 2 heteroatoms. The minimum atomic E-state index is 0.694. The van der Waals surface area contributed by atoms with Crippen molar-refractivity contribution in [1.29, 1.82) is 0 Å². The van der Waals surface area contributed by atoms with Crippen molar-refractivity contribution in [2.45, 2.75) is 40.3 Å². The quantitative estimate of drug-likeness (QED) is 0.760. The molecule has 1 aromatic rings. The Kier molecular flexibility index (Phi) is 6.99. The van der Waals surface area contributed by atoms with Gasteiger partial charge in [0.1, 0.15) is 0 Å². The summed E-state index contributed by atoms with van der Waals surface area (Å²) in [5, 5.41) is 3.55. The van der Waals surface area contributed by atoms with Crippen molar-refractivity contribution in [3.8, 4) is 0 Å². The van der Waals surface area contributed by atoms with Crippen molar-refractivity contribution >= 4 is 0 Å². The van der Waals surface area contributed by atoms with Crippen LogP contribution in [-0.4, -0.2) is 13.7 Å². The van der Waals surface area contributed by atoms with Gasteiger partial charge in [0.2, 0.25) is 0 Å². The minimum absolute atomic E-state index is 0.694. The predicted octanol–water partition coefficient (Wildman–Crippen LogP) is 3.60. The van der Waals surface area contributed by atoms with Gasteiger partial charge in [0.25, 0.3) is 0 Å². The zero-order valence-electron chi connectivity index (χ0n) is 12.2. The van der Waals surface area contributed by atoms with Crippen LogP contribution in [0.5, 0.6) is 0 Å². The Hall–Kier alpha value is -0.860. The van der Waals surface area contributed by atoms with Gasteiger partial charge in [-0.2, -0.15) is 0 Å². The van der Waals surface area contributed by atoms with Crippen LogP contribution in [-0.2, 0) is 17.9 Å².